The van der Waals surface area contributed by atoms with E-state index in [9.17, 15) is 4.39 Å². The van der Waals surface area contributed by atoms with E-state index < -0.39 is 20.1 Å². The topological polar surface area (TPSA) is 25.8 Å². The number of rotatable bonds is 6. The van der Waals surface area contributed by atoms with E-state index in [1.807, 2.05) is 60.7 Å². The van der Waals surface area contributed by atoms with Crippen molar-refractivity contribution < 1.29 is 28.6 Å². The van der Waals surface area contributed by atoms with Crippen LogP contribution in [0.15, 0.2) is 109 Å². The molecule has 0 aliphatic heterocycles. The summed E-state index contributed by atoms with van der Waals surface area (Å²) in [4.78, 5) is 9.18. The fraction of sp³-hybridized carbons (Fsp3) is 0.190. The van der Waals surface area contributed by atoms with Gasteiger partial charge in [-0.15, -0.1) is 23.8 Å². The standard InChI is InChI=1S/C24H15FNS.C18H24GeN.Ir/c1-15-14-26-22(13-20(15)16-6-3-2-4-7-16)19-9-5-8-18-21-12-17(25)10-11-23(21)27-24(18)19;1-14(2)11-16-12-18(15-9-7-6-8-10-15)20-13-17(16)19(3,4)5;/h2-8,10-14H,1H3;6-9,12-14H,11H2,1-5H3;/q2*-1;/i1D3;;. The second-order valence-corrected chi connectivity index (χ2v) is 24.8. The molecule has 0 saturated carbocycles. The van der Waals surface area contributed by atoms with E-state index >= 15 is 0 Å². The molecule has 245 valence electrons. The molecule has 0 unspecified atom stereocenters. The van der Waals surface area contributed by atoms with E-state index in [0.29, 0.717) is 17.2 Å². The molecule has 0 aliphatic carbocycles. The normalized spacial score (nSPS) is 12.5. The smallest absolute Gasteiger partial charge is 0.123 e. The average Bonchev–Trinajstić information content (AvgIpc) is 3.46. The SMILES string of the molecule is CC(C)Cc1cc(-c2[c-]cccc2)nc[c]1[Ge]([CH3])([CH3])[CH3].[2H]C([2H])([2H])c1cnc(-c2[c-]ccc3c2sc2ccc(F)cc23)cc1-c1ccccc1.[Ir]. The number of pyridine rings is 2. The molecule has 7 aromatic rings. The molecule has 1 radical (unpaired) electrons. The van der Waals surface area contributed by atoms with Gasteiger partial charge in [0.2, 0.25) is 0 Å². The van der Waals surface area contributed by atoms with Crippen molar-refractivity contribution in [3.05, 3.63) is 139 Å². The number of hydrogen-bond donors (Lipinski definition) is 0. The molecule has 0 N–H and O–H groups in total. The number of hydrogen-bond acceptors (Lipinski definition) is 3. The zero-order valence-electron chi connectivity index (χ0n) is 30.7. The quantitative estimate of drug-likeness (QED) is 0.123. The Morgan fingerprint density at radius 1 is 0.833 bits per heavy atom. The van der Waals surface area contributed by atoms with E-state index in [1.165, 1.54) is 17.8 Å². The van der Waals surface area contributed by atoms with E-state index in [0.717, 1.165) is 49.0 Å². The summed E-state index contributed by atoms with van der Waals surface area (Å²) in [5.41, 5.74) is 6.71. The summed E-state index contributed by atoms with van der Waals surface area (Å²) in [7, 11) is 0. The van der Waals surface area contributed by atoms with Gasteiger partial charge < -0.3 is 4.98 Å². The number of fused-ring (bicyclic) bond motifs is 3. The molecule has 7 rings (SSSR count). The van der Waals surface area contributed by atoms with Crippen molar-refractivity contribution in [2.24, 2.45) is 5.92 Å². The van der Waals surface area contributed by atoms with Gasteiger partial charge >= 0.3 is 126 Å². The molecule has 0 spiro atoms. The first-order chi connectivity index (χ1) is 23.8. The summed E-state index contributed by atoms with van der Waals surface area (Å²) in [6.07, 6.45) is 4.71. The molecule has 0 saturated heterocycles. The van der Waals surface area contributed by atoms with Gasteiger partial charge in [-0.2, -0.15) is 11.3 Å². The minimum absolute atomic E-state index is 0. The molecule has 0 fully saturated rings. The maximum atomic E-state index is 13.8. The van der Waals surface area contributed by atoms with Crippen molar-refractivity contribution in [3.8, 4) is 33.6 Å². The predicted molar refractivity (Wildman–Crippen MR) is 202 cm³/mol. The third-order valence-electron chi connectivity index (χ3n) is 8.05. The van der Waals surface area contributed by atoms with Crippen LogP contribution in [0.2, 0.25) is 17.3 Å². The van der Waals surface area contributed by atoms with Gasteiger partial charge in [-0.3, -0.25) is 0 Å². The van der Waals surface area contributed by atoms with Crippen molar-refractivity contribution in [1.29, 1.82) is 0 Å². The average molecular weight is 891 g/mol. The van der Waals surface area contributed by atoms with Gasteiger partial charge in [-0.1, -0.05) is 41.8 Å². The van der Waals surface area contributed by atoms with Gasteiger partial charge in [-0.25, -0.2) is 4.39 Å². The van der Waals surface area contributed by atoms with Crippen LogP contribution in [0.4, 0.5) is 4.39 Å². The number of aryl methyl sites for hydroxylation is 1. The van der Waals surface area contributed by atoms with Gasteiger partial charge in [0.25, 0.3) is 0 Å². The zero-order valence-corrected chi connectivity index (χ0v) is 33.0. The molecule has 0 bridgehead atoms. The van der Waals surface area contributed by atoms with E-state index in [-0.39, 0.29) is 31.5 Å². The van der Waals surface area contributed by atoms with Crippen molar-refractivity contribution in [2.75, 3.05) is 0 Å². The Hall–Kier alpha value is -3.48. The molecule has 0 aliphatic rings. The van der Waals surface area contributed by atoms with Gasteiger partial charge in [0.1, 0.15) is 5.82 Å². The Kier molecular flexibility index (Phi) is 10.2. The summed E-state index contributed by atoms with van der Waals surface area (Å²) in [5.74, 6) is 7.72. The number of nitrogens with zero attached hydrogens (tertiary/aromatic N) is 2. The maximum Gasteiger partial charge on any atom is 0.123 e. The molecule has 2 nitrogen and oxygen atoms in total. The first kappa shape index (κ1) is 31.8. The monoisotopic (exact) mass is 892 g/mol. The first-order valence-electron chi connectivity index (χ1n) is 17.3. The number of thiophene rings is 1. The summed E-state index contributed by atoms with van der Waals surface area (Å²) >= 11 is -0.304. The molecule has 4 aromatic carbocycles. The minimum Gasteiger partial charge on any atom is -0.304 e. The van der Waals surface area contributed by atoms with Gasteiger partial charge in [-0.05, 0) is 57.5 Å². The third kappa shape index (κ3) is 8.03. The van der Waals surface area contributed by atoms with Crippen molar-refractivity contribution in [3.63, 3.8) is 0 Å². The summed E-state index contributed by atoms with van der Waals surface area (Å²) < 4.78 is 41.0. The van der Waals surface area contributed by atoms with Crippen LogP contribution in [-0.2, 0) is 26.5 Å². The van der Waals surface area contributed by atoms with Gasteiger partial charge in [0, 0.05) is 35.1 Å². The van der Waals surface area contributed by atoms with Crippen LogP contribution in [0.5, 0.6) is 0 Å². The Labute approximate surface area is 308 Å². The number of benzene rings is 4. The Bertz CT molecular complexity index is 2270. The van der Waals surface area contributed by atoms with Crippen LogP contribution in [0.25, 0.3) is 53.8 Å². The molecular weight excluding hydrogens is 848 g/mol. The minimum atomic E-state index is -2.28. The Balaban J connectivity index is 0.000000211. The molecule has 0 atom stereocenters. The summed E-state index contributed by atoms with van der Waals surface area (Å²) in [6, 6.07) is 36.6. The third-order valence-corrected chi connectivity index (χ3v) is 13.6. The second kappa shape index (κ2) is 15.4. The molecular formula is C42H39FGeIrN2S-2. The second-order valence-electron chi connectivity index (χ2n) is 13.2. The Morgan fingerprint density at radius 2 is 1.60 bits per heavy atom. The number of aromatic nitrogens is 2. The van der Waals surface area contributed by atoms with Crippen LogP contribution in [0, 0.1) is 30.7 Å². The van der Waals surface area contributed by atoms with Crippen LogP contribution >= 0.6 is 11.3 Å². The van der Waals surface area contributed by atoms with E-state index in [1.54, 1.807) is 33.9 Å². The van der Waals surface area contributed by atoms with Gasteiger partial charge in [0.05, 0.1) is 0 Å². The van der Waals surface area contributed by atoms with E-state index in [4.69, 9.17) is 9.10 Å². The maximum absolute atomic E-state index is 13.8. The first-order valence-corrected chi connectivity index (χ1v) is 24.0. The molecule has 3 aromatic heterocycles. The zero-order chi connectivity index (χ0) is 35.6. The fourth-order valence-corrected chi connectivity index (χ4v) is 10.4. The summed E-state index contributed by atoms with van der Waals surface area (Å²) in [5, 5.41) is 1.79. The van der Waals surface area contributed by atoms with Crippen LogP contribution in [-0.4, -0.2) is 23.2 Å². The molecule has 48 heavy (non-hydrogen) atoms. The van der Waals surface area contributed by atoms with E-state index in [2.05, 4.69) is 66.6 Å². The number of halogens is 1. The van der Waals surface area contributed by atoms with Crippen LogP contribution in [0.3, 0.4) is 0 Å². The largest absolute Gasteiger partial charge is 0.304 e. The fourth-order valence-electron chi connectivity index (χ4n) is 5.83. The van der Waals surface area contributed by atoms with Crippen molar-refractivity contribution in [1.82, 2.24) is 9.97 Å². The van der Waals surface area contributed by atoms with Crippen LogP contribution < -0.4 is 4.40 Å². The van der Waals surface area contributed by atoms with Gasteiger partial charge in [0.15, 0.2) is 0 Å². The molecule has 0 amide bonds. The Morgan fingerprint density at radius 3 is 2.31 bits per heavy atom. The summed E-state index contributed by atoms with van der Waals surface area (Å²) in [6.45, 7) is 2.30. The molecule has 3 heterocycles. The predicted octanol–water partition coefficient (Wildman–Crippen LogP) is 11.3. The molecule has 6 heteroatoms. The van der Waals surface area contributed by atoms with Crippen LogP contribution in [0.1, 0.15) is 29.1 Å². The van der Waals surface area contributed by atoms with Crippen molar-refractivity contribution >= 4 is 49.2 Å². The van der Waals surface area contributed by atoms with Crippen molar-refractivity contribution in [2.45, 2.75) is 44.4 Å².